The van der Waals surface area contributed by atoms with Crippen LogP contribution in [0.3, 0.4) is 0 Å². The molecule has 84 valence electrons. The van der Waals surface area contributed by atoms with Crippen LogP contribution in [0, 0.1) is 5.92 Å². The van der Waals surface area contributed by atoms with Crippen LogP contribution in [0.1, 0.15) is 18.6 Å². The number of rotatable bonds is 2. The summed E-state index contributed by atoms with van der Waals surface area (Å²) in [5.41, 5.74) is 1.51. The van der Waals surface area contributed by atoms with Gasteiger partial charge in [0, 0.05) is 11.5 Å². The Morgan fingerprint density at radius 3 is 2.38 bits per heavy atom. The zero-order chi connectivity index (χ0) is 11.7. The van der Waals surface area contributed by atoms with Crippen molar-refractivity contribution in [2.24, 2.45) is 5.92 Å². The highest BCUT2D eigenvalue weighted by Gasteiger charge is 2.36. The van der Waals surface area contributed by atoms with E-state index in [-0.39, 0.29) is 18.0 Å². The molecule has 0 amide bonds. The molecule has 0 aromatic heterocycles. The molecule has 1 aromatic carbocycles. The molecule has 1 aliphatic rings. The second-order valence-electron chi connectivity index (χ2n) is 3.91. The zero-order valence-electron chi connectivity index (χ0n) is 9.40. The lowest BCUT2D eigenvalue weighted by Crippen LogP contribution is -2.04. The van der Waals surface area contributed by atoms with Gasteiger partial charge in [-0.1, -0.05) is 25.6 Å². The molecule has 0 radical (unpaired) electrons. The van der Waals surface area contributed by atoms with Crippen LogP contribution in [-0.4, -0.2) is 13.1 Å². The normalized spacial score (nSPS) is 24.4. The lowest BCUT2D eigenvalue weighted by Gasteiger charge is -2.14. The summed E-state index contributed by atoms with van der Waals surface area (Å²) in [7, 11) is 1.62. The average molecular weight is 218 g/mol. The van der Waals surface area contributed by atoms with Crippen LogP contribution < -0.4 is 4.74 Å². The fourth-order valence-corrected chi connectivity index (χ4v) is 1.81. The third-order valence-electron chi connectivity index (χ3n) is 2.94. The summed E-state index contributed by atoms with van der Waals surface area (Å²) in [6, 6.07) is 7.53. The molecule has 1 aromatic rings. The first-order valence-corrected chi connectivity index (χ1v) is 5.17. The van der Waals surface area contributed by atoms with Crippen molar-refractivity contribution in [1.82, 2.24) is 0 Å². The molecule has 16 heavy (non-hydrogen) atoms. The van der Waals surface area contributed by atoms with Crippen LogP contribution in [-0.2, 0) is 9.53 Å². The van der Waals surface area contributed by atoms with E-state index in [1.54, 1.807) is 7.11 Å². The number of hydrogen-bond donors (Lipinski definition) is 0. The van der Waals surface area contributed by atoms with Crippen molar-refractivity contribution in [3.05, 3.63) is 42.0 Å². The number of methoxy groups -OCH3 is 1. The first kappa shape index (κ1) is 10.7. The molecule has 3 nitrogen and oxygen atoms in total. The van der Waals surface area contributed by atoms with Gasteiger partial charge in [0.25, 0.3) is 0 Å². The smallest absolute Gasteiger partial charge is 0.334 e. The van der Waals surface area contributed by atoms with E-state index in [1.165, 1.54) is 0 Å². The maximum atomic E-state index is 11.3. The highest BCUT2D eigenvalue weighted by molar-refractivity contribution is 5.90. The number of hydrogen-bond acceptors (Lipinski definition) is 3. The Bertz CT molecular complexity index is 419. The monoisotopic (exact) mass is 218 g/mol. The Hall–Kier alpha value is -1.77. The molecular formula is C13H14O3. The second-order valence-corrected chi connectivity index (χ2v) is 3.91. The fourth-order valence-electron chi connectivity index (χ4n) is 1.81. The second kappa shape index (κ2) is 4.00. The molecular weight excluding hydrogens is 204 g/mol. The topological polar surface area (TPSA) is 35.5 Å². The molecule has 1 heterocycles. The first-order valence-electron chi connectivity index (χ1n) is 5.17. The lowest BCUT2D eigenvalue weighted by molar-refractivity contribution is -0.139. The molecule has 0 spiro atoms. The van der Waals surface area contributed by atoms with E-state index < -0.39 is 0 Å². The van der Waals surface area contributed by atoms with Gasteiger partial charge >= 0.3 is 5.97 Å². The summed E-state index contributed by atoms with van der Waals surface area (Å²) in [5.74, 6) is 0.522. The van der Waals surface area contributed by atoms with Gasteiger partial charge in [-0.25, -0.2) is 4.79 Å². The minimum absolute atomic E-state index is 0.0286. The van der Waals surface area contributed by atoms with Crippen molar-refractivity contribution in [2.45, 2.75) is 13.0 Å². The third-order valence-corrected chi connectivity index (χ3v) is 2.94. The molecule has 0 aliphatic carbocycles. The molecule has 0 unspecified atom stereocenters. The van der Waals surface area contributed by atoms with Crippen LogP contribution in [0.15, 0.2) is 36.4 Å². The van der Waals surface area contributed by atoms with Gasteiger partial charge in [0.2, 0.25) is 0 Å². The summed E-state index contributed by atoms with van der Waals surface area (Å²) < 4.78 is 10.3. The van der Waals surface area contributed by atoms with Gasteiger partial charge in [-0.05, 0) is 17.7 Å². The Morgan fingerprint density at radius 1 is 1.31 bits per heavy atom. The van der Waals surface area contributed by atoms with Gasteiger partial charge in [-0.2, -0.15) is 0 Å². The van der Waals surface area contributed by atoms with Crippen molar-refractivity contribution in [3.63, 3.8) is 0 Å². The maximum Gasteiger partial charge on any atom is 0.334 e. The van der Waals surface area contributed by atoms with E-state index in [2.05, 4.69) is 6.58 Å². The fraction of sp³-hybridized carbons (Fsp3) is 0.308. The molecule has 1 aliphatic heterocycles. The summed E-state index contributed by atoms with van der Waals surface area (Å²) in [6.07, 6.45) is -0.217. The van der Waals surface area contributed by atoms with Gasteiger partial charge in [0.05, 0.1) is 7.11 Å². The molecule has 1 saturated heterocycles. The minimum atomic E-state index is -0.298. The molecule has 2 atom stereocenters. The predicted octanol–water partition coefficient (Wildman–Crippen LogP) is 2.49. The quantitative estimate of drug-likeness (QED) is 0.565. The van der Waals surface area contributed by atoms with Crippen molar-refractivity contribution in [2.75, 3.05) is 7.11 Å². The van der Waals surface area contributed by atoms with Crippen LogP contribution in [0.5, 0.6) is 5.75 Å². The van der Waals surface area contributed by atoms with Crippen molar-refractivity contribution >= 4 is 5.97 Å². The number of carbonyl (C=O) groups is 1. The van der Waals surface area contributed by atoms with Crippen LogP contribution >= 0.6 is 0 Å². The summed E-state index contributed by atoms with van der Waals surface area (Å²) in [6.45, 7) is 5.67. The molecule has 2 rings (SSSR count). The number of carbonyl (C=O) groups excluding carboxylic acids is 1. The molecule has 0 bridgehead atoms. The Labute approximate surface area is 94.7 Å². The van der Waals surface area contributed by atoms with E-state index in [4.69, 9.17) is 9.47 Å². The zero-order valence-corrected chi connectivity index (χ0v) is 9.40. The number of benzene rings is 1. The summed E-state index contributed by atoms with van der Waals surface area (Å²) >= 11 is 0. The molecule has 0 saturated carbocycles. The number of ether oxygens (including phenoxy) is 2. The van der Waals surface area contributed by atoms with E-state index in [0.717, 1.165) is 11.3 Å². The maximum absolute atomic E-state index is 11.3. The lowest BCUT2D eigenvalue weighted by atomic mass is 9.94. The van der Waals surface area contributed by atoms with E-state index in [1.807, 2.05) is 31.2 Å². The SMILES string of the molecule is C=C1C(=O)O[C@H](c2ccc(OC)cc2)[C@@H]1C. The Morgan fingerprint density at radius 2 is 1.94 bits per heavy atom. The number of cyclic esters (lactones) is 1. The summed E-state index contributed by atoms with van der Waals surface area (Å²) in [5, 5.41) is 0. The van der Waals surface area contributed by atoms with Crippen molar-refractivity contribution < 1.29 is 14.3 Å². The van der Waals surface area contributed by atoms with Crippen molar-refractivity contribution in [3.8, 4) is 5.75 Å². The van der Waals surface area contributed by atoms with Crippen molar-refractivity contribution in [1.29, 1.82) is 0 Å². The summed E-state index contributed by atoms with van der Waals surface area (Å²) in [4.78, 5) is 11.3. The largest absolute Gasteiger partial charge is 0.497 e. The van der Waals surface area contributed by atoms with Crippen LogP contribution in [0.2, 0.25) is 0 Å². The predicted molar refractivity (Wildman–Crippen MR) is 60.1 cm³/mol. The average Bonchev–Trinajstić information content (AvgIpc) is 2.57. The highest BCUT2D eigenvalue weighted by atomic mass is 16.6. The molecule has 3 heteroatoms. The van der Waals surface area contributed by atoms with Gasteiger partial charge in [-0.3, -0.25) is 0 Å². The third kappa shape index (κ3) is 1.69. The minimum Gasteiger partial charge on any atom is -0.497 e. The van der Waals surface area contributed by atoms with Crippen LogP contribution in [0.25, 0.3) is 0 Å². The van der Waals surface area contributed by atoms with Crippen LogP contribution in [0.4, 0.5) is 0 Å². The van der Waals surface area contributed by atoms with Gasteiger partial charge in [0.15, 0.2) is 0 Å². The standard InChI is InChI=1S/C13H14O3/c1-8-9(2)13(14)16-12(8)10-4-6-11(15-3)7-5-10/h4-8,12H,2H2,1,3H3/t8-,12+/m1/s1. The Balaban J connectivity index is 2.25. The van der Waals surface area contributed by atoms with E-state index >= 15 is 0 Å². The Kier molecular flexibility index (Phi) is 2.69. The highest BCUT2D eigenvalue weighted by Crippen LogP contribution is 2.37. The molecule has 1 fully saturated rings. The van der Waals surface area contributed by atoms with E-state index in [0.29, 0.717) is 5.57 Å². The molecule has 0 N–H and O–H groups in total. The van der Waals surface area contributed by atoms with Gasteiger partial charge < -0.3 is 9.47 Å². The van der Waals surface area contributed by atoms with E-state index in [9.17, 15) is 4.79 Å². The first-order chi connectivity index (χ1) is 7.63. The van der Waals surface area contributed by atoms with Gasteiger partial charge in [-0.15, -0.1) is 0 Å². The van der Waals surface area contributed by atoms with Gasteiger partial charge in [0.1, 0.15) is 11.9 Å². The number of esters is 1.